The highest BCUT2D eigenvalue weighted by atomic mass is 35.5. The van der Waals surface area contributed by atoms with Crippen LogP contribution in [0.1, 0.15) is 25.7 Å². The first-order chi connectivity index (χ1) is 7.77. The van der Waals surface area contributed by atoms with Gasteiger partial charge in [0.2, 0.25) is 0 Å². The van der Waals surface area contributed by atoms with Gasteiger partial charge in [0.05, 0.1) is 4.91 Å². The fourth-order valence-corrected chi connectivity index (χ4v) is 3.55. The highest BCUT2D eigenvalue weighted by molar-refractivity contribution is 8.18. The Morgan fingerprint density at radius 1 is 1.41 bits per heavy atom. The number of nitrogens with two attached hydrogens (primary N) is 1. The van der Waals surface area contributed by atoms with Crippen molar-refractivity contribution >= 4 is 35.2 Å². The second kappa shape index (κ2) is 4.90. The molecule has 1 saturated carbocycles. The molecule has 6 heteroatoms. The summed E-state index contributed by atoms with van der Waals surface area (Å²) in [5.41, 5.74) is 6.63. The van der Waals surface area contributed by atoms with Crippen LogP contribution in [0.4, 0.5) is 0 Å². The topological polar surface area (TPSA) is 58.7 Å². The number of rotatable bonds is 2. The van der Waals surface area contributed by atoms with E-state index in [1.807, 2.05) is 0 Å². The Bertz CT molecular complexity index is 404. The Morgan fingerprint density at radius 2 is 2.18 bits per heavy atom. The number of fused-ring (bicyclic) bond motifs is 1. The Kier molecular flexibility index (Phi) is 3.68. The standard InChI is InChI=1S/C11H15N3OS.ClH/c12-10(15)9-8(7-3-1-4-7)14-6-2-5-13-11(14)16-9;/h7H,1-6H2,(H2,12,15);1H. The van der Waals surface area contributed by atoms with E-state index >= 15 is 0 Å². The lowest BCUT2D eigenvalue weighted by atomic mass is 9.82. The predicted octanol–water partition coefficient (Wildman–Crippen LogP) is 1.71. The smallest absolute Gasteiger partial charge is 0.257 e. The number of allylic oxidation sites excluding steroid dienone is 1. The highest BCUT2D eigenvalue weighted by Crippen LogP contribution is 2.45. The molecule has 1 amide bonds. The minimum absolute atomic E-state index is 0. The maximum atomic E-state index is 11.5. The lowest BCUT2D eigenvalue weighted by molar-refractivity contribution is -0.114. The van der Waals surface area contributed by atoms with Gasteiger partial charge < -0.3 is 10.6 Å². The molecule has 0 unspecified atom stereocenters. The number of carbonyl (C=O) groups excluding carboxylic acids is 1. The quantitative estimate of drug-likeness (QED) is 0.833. The van der Waals surface area contributed by atoms with E-state index in [9.17, 15) is 4.79 Å². The number of hydrogen-bond donors (Lipinski definition) is 1. The minimum atomic E-state index is -0.288. The normalized spacial score (nSPS) is 23.8. The van der Waals surface area contributed by atoms with Crippen molar-refractivity contribution in [2.24, 2.45) is 16.6 Å². The van der Waals surface area contributed by atoms with Gasteiger partial charge in [0.1, 0.15) is 0 Å². The molecule has 1 fully saturated rings. The molecule has 3 aliphatic rings. The van der Waals surface area contributed by atoms with Crippen LogP contribution in [-0.2, 0) is 4.79 Å². The molecule has 0 bridgehead atoms. The monoisotopic (exact) mass is 273 g/mol. The van der Waals surface area contributed by atoms with E-state index in [1.165, 1.54) is 36.7 Å². The molecule has 0 atom stereocenters. The molecule has 2 aliphatic heterocycles. The van der Waals surface area contributed by atoms with Crippen LogP contribution in [0.2, 0.25) is 0 Å². The van der Waals surface area contributed by atoms with Crippen LogP contribution in [0.25, 0.3) is 0 Å². The molecule has 2 N–H and O–H groups in total. The van der Waals surface area contributed by atoms with E-state index < -0.39 is 0 Å². The third kappa shape index (κ3) is 2.06. The Morgan fingerprint density at radius 3 is 2.76 bits per heavy atom. The second-order valence-corrected chi connectivity index (χ2v) is 5.46. The van der Waals surface area contributed by atoms with E-state index in [0.29, 0.717) is 5.92 Å². The lowest BCUT2D eigenvalue weighted by Gasteiger charge is -2.34. The van der Waals surface area contributed by atoms with Crippen molar-refractivity contribution < 1.29 is 4.79 Å². The fourth-order valence-electron chi connectivity index (χ4n) is 2.43. The Labute approximate surface area is 111 Å². The van der Waals surface area contributed by atoms with Gasteiger partial charge in [-0.25, -0.2) is 0 Å². The number of hydrogen-bond acceptors (Lipinski definition) is 4. The average Bonchev–Trinajstić information content (AvgIpc) is 2.56. The van der Waals surface area contributed by atoms with Gasteiger partial charge in [-0.15, -0.1) is 12.4 Å². The third-order valence-corrected chi connectivity index (χ3v) is 4.60. The molecule has 17 heavy (non-hydrogen) atoms. The van der Waals surface area contributed by atoms with Crippen molar-refractivity contribution in [3.63, 3.8) is 0 Å². The lowest BCUT2D eigenvalue weighted by Crippen LogP contribution is -2.34. The number of nitrogens with zero attached hydrogens (tertiary/aromatic N) is 2. The maximum Gasteiger partial charge on any atom is 0.257 e. The summed E-state index contributed by atoms with van der Waals surface area (Å²) in [6.07, 6.45) is 4.73. The predicted molar refractivity (Wildman–Crippen MR) is 72.0 cm³/mol. The first-order valence-corrected chi connectivity index (χ1v) is 6.63. The number of thioether (sulfide) groups is 1. The van der Waals surface area contributed by atoms with E-state index in [1.54, 1.807) is 0 Å². The number of amidine groups is 1. The number of aliphatic imine (C=N–C) groups is 1. The molecule has 4 nitrogen and oxygen atoms in total. The number of halogens is 1. The summed E-state index contributed by atoms with van der Waals surface area (Å²) in [6.45, 7) is 1.87. The fraction of sp³-hybridized carbons (Fsp3) is 0.636. The van der Waals surface area contributed by atoms with Crippen LogP contribution < -0.4 is 5.73 Å². The van der Waals surface area contributed by atoms with E-state index in [0.717, 1.165) is 29.6 Å². The minimum Gasteiger partial charge on any atom is -0.365 e. The highest BCUT2D eigenvalue weighted by Gasteiger charge is 2.39. The summed E-state index contributed by atoms with van der Waals surface area (Å²) in [5, 5.41) is 0.988. The second-order valence-electron chi connectivity index (χ2n) is 4.48. The molecule has 0 spiro atoms. The summed E-state index contributed by atoms with van der Waals surface area (Å²) < 4.78 is 0. The summed E-state index contributed by atoms with van der Waals surface area (Å²) in [7, 11) is 0. The van der Waals surface area contributed by atoms with Gasteiger partial charge in [0.15, 0.2) is 5.17 Å². The summed E-state index contributed by atoms with van der Waals surface area (Å²) in [5.74, 6) is 0.254. The zero-order valence-corrected chi connectivity index (χ0v) is 11.1. The van der Waals surface area contributed by atoms with Crippen LogP contribution in [0, 0.1) is 5.92 Å². The maximum absolute atomic E-state index is 11.5. The zero-order chi connectivity index (χ0) is 11.1. The molecule has 0 saturated heterocycles. The van der Waals surface area contributed by atoms with Crippen LogP contribution in [0.5, 0.6) is 0 Å². The van der Waals surface area contributed by atoms with Gasteiger partial charge in [-0.3, -0.25) is 9.79 Å². The largest absolute Gasteiger partial charge is 0.365 e. The van der Waals surface area contributed by atoms with Crippen molar-refractivity contribution in [1.29, 1.82) is 0 Å². The molecule has 94 valence electrons. The molecular weight excluding hydrogens is 258 g/mol. The molecule has 3 rings (SSSR count). The van der Waals surface area contributed by atoms with Gasteiger partial charge in [0.25, 0.3) is 5.91 Å². The molecule has 0 aromatic heterocycles. The summed E-state index contributed by atoms with van der Waals surface area (Å²) >= 11 is 1.47. The average molecular weight is 274 g/mol. The van der Waals surface area contributed by atoms with Crippen LogP contribution in [-0.4, -0.2) is 29.1 Å². The molecule has 2 heterocycles. The van der Waals surface area contributed by atoms with E-state index in [2.05, 4.69) is 9.89 Å². The Hall–Kier alpha value is -0.680. The molecular formula is C11H16ClN3OS. The van der Waals surface area contributed by atoms with Gasteiger partial charge in [-0.2, -0.15) is 0 Å². The van der Waals surface area contributed by atoms with Gasteiger partial charge in [0, 0.05) is 24.7 Å². The Balaban J connectivity index is 0.00000108. The van der Waals surface area contributed by atoms with Crippen LogP contribution >= 0.6 is 24.2 Å². The first kappa shape index (κ1) is 12.8. The van der Waals surface area contributed by atoms with Crippen LogP contribution in [0.3, 0.4) is 0 Å². The molecule has 1 aliphatic carbocycles. The SMILES string of the molecule is Cl.NC(=O)C1=C(C2CCC2)N2CCCN=C2S1. The van der Waals surface area contributed by atoms with Gasteiger partial charge in [-0.1, -0.05) is 6.42 Å². The van der Waals surface area contributed by atoms with E-state index in [-0.39, 0.29) is 18.3 Å². The number of amides is 1. The summed E-state index contributed by atoms with van der Waals surface area (Å²) in [6, 6.07) is 0. The van der Waals surface area contributed by atoms with Gasteiger partial charge in [-0.05, 0) is 31.0 Å². The van der Waals surface area contributed by atoms with Crippen LogP contribution in [0.15, 0.2) is 15.6 Å². The molecule has 0 radical (unpaired) electrons. The molecule has 0 aromatic rings. The van der Waals surface area contributed by atoms with Crippen molar-refractivity contribution in [2.45, 2.75) is 25.7 Å². The van der Waals surface area contributed by atoms with Crippen molar-refractivity contribution in [1.82, 2.24) is 4.90 Å². The molecule has 0 aromatic carbocycles. The van der Waals surface area contributed by atoms with Crippen molar-refractivity contribution in [2.75, 3.05) is 13.1 Å². The van der Waals surface area contributed by atoms with Crippen molar-refractivity contribution in [3.05, 3.63) is 10.6 Å². The summed E-state index contributed by atoms with van der Waals surface area (Å²) in [4.78, 5) is 18.9. The van der Waals surface area contributed by atoms with E-state index in [4.69, 9.17) is 5.73 Å². The van der Waals surface area contributed by atoms with Crippen molar-refractivity contribution in [3.8, 4) is 0 Å². The first-order valence-electron chi connectivity index (χ1n) is 5.81. The van der Waals surface area contributed by atoms with Gasteiger partial charge >= 0.3 is 0 Å². The number of carbonyl (C=O) groups is 1. The third-order valence-electron chi connectivity index (χ3n) is 3.45. The number of primary amides is 1. The zero-order valence-electron chi connectivity index (χ0n) is 9.52.